The van der Waals surface area contributed by atoms with Crippen LogP contribution in [0, 0.1) is 11.8 Å². The SMILES string of the molecule is COCOC[C@H](C=O)C(C)C. The first-order valence-electron chi connectivity index (χ1n) is 3.74. The van der Waals surface area contributed by atoms with Crippen LogP contribution in [0.2, 0.25) is 0 Å². The summed E-state index contributed by atoms with van der Waals surface area (Å²) in [6.07, 6.45) is 0.931. The molecule has 0 rings (SSSR count). The maximum absolute atomic E-state index is 10.4. The summed E-state index contributed by atoms with van der Waals surface area (Å²) in [5.74, 6) is 0.328. The molecule has 3 heteroatoms. The lowest BCUT2D eigenvalue weighted by Gasteiger charge is -2.13. The van der Waals surface area contributed by atoms with Crippen LogP contribution in [0.15, 0.2) is 0 Å². The third-order valence-corrected chi connectivity index (χ3v) is 1.54. The molecule has 0 heterocycles. The largest absolute Gasteiger partial charge is 0.359 e. The highest BCUT2D eigenvalue weighted by atomic mass is 16.7. The summed E-state index contributed by atoms with van der Waals surface area (Å²) >= 11 is 0. The maximum atomic E-state index is 10.4. The average molecular weight is 160 g/mol. The summed E-state index contributed by atoms with van der Waals surface area (Å²) in [5.41, 5.74) is 0. The van der Waals surface area contributed by atoms with E-state index in [0.29, 0.717) is 12.5 Å². The van der Waals surface area contributed by atoms with E-state index in [9.17, 15) is 4.79 Å². The van der Waals surface area contributed by atoms with Crippen LogP contribution in [0.5, 0.6) is 0 Å². The topological polar surface area (TPSA) is 35.5 Å². The third-order valence-electron chi connectivity index (χ3n) is 1.54. The van der Waals surface area contributed by atoms with Gasteiger partial charge in [-0.15, -0.1) is 0 Å². The van der Waals surface area contributed by atoms with E-state index in [1.807, 2.05) is 13.8 Å². The molecule has 0 aliphatic rings. The average Bonchev–Trinajstić information content (AvgIpc) is 1.97. The van der Waals surface area contributed by atoms with E-state index in [-0.39, 0.29) is 12.7 Å². The molecule has 0 fully saturated rings. The summed E-state index contributed by atoms with van der Waals surface area (Å²) < 4.78 is 9.72. The van der Waals surface area contributed by atoms with Gasteiger partial charge >= 0.3 is 0 Å². The van der Waals surface area contributed by atoms with Gasteiger partial charge < -0.3 is 14.3 Å². The lowest BCUT2D eigenvalue weighted by Crippen LogP contribution is -2.17. The van der Waals surface area contributed by atoms with Gasteiger partial charge in [-0.1, -0.05) is 13.8 Å². The molecule has 0 aromatic heterocycles. The van der Waals surface area contributed by atoms with Crippen molar-refractivity contribution in [3.05, 3.63) is 0 Å². The number of hydrogen-bond acceptors (Lipinski definition) is 3. The van der Waals surface area contributed by atoms with Crippen LogP contribution in [0.3, 0.4) is 0 Å². The Morgan fingerprint density at radius 1 is 1.45 bits per heavy atom. The van der Waals surface area contributed by atoms with Crippen molar-refractivity contribution in [1.82, 2.24) is 0 Å². The van der Waals surface area contributed by atoms with Gasteiger partial charge in [-0.2, -0.15) is 0 Å². The van der Waals surface area contributed by atoms with Gasteiger partial charge in [0, 0.05) is 13.0 Å². The molecule has 11 heavy (non-hydrogen) atoms. The fraction of sp³-hybridized carbons (Fsp3) is 0.875. The van der Waals surface area contributed by atoms with E-state index in [4.69, 9.17) is 4.74 Å². The molecule has 0 aliphatic heterocycles. The van der Waals surface area contributed by atoms with E-state index < -0.39 is 0 Å². The molecule has 0 aromatic rings. The molecule has 0 bridgehead atoms. The Hall–Kier alpha value is -0.410. The zero-order valence-corrected chi connectivity index (χ0v) is 7.37. The fourth-order valence-corrected chi connectivity index (χ4v) is 0.656. The molecule has 0 amide bonds. The van der Waals surface area contributed by atoms with Gasteiger partial charge in [0.1, 0.15) is 13.1 Å². The van der Waals surface area contributed by atoms with Crippen molar-refractivity contribution >= 4 is 6.29 Å². The zero-order valence-electron chi connectivity index (χ0n) is 7.37. The lowest BCUT2D eigenvalue weighted by atomic mass is 9.99. The minimum Gasteiger partial charge on any atom is -0.359 e. The van der Waals surface area contributed by atoms with Crippen LogP contribution >= 0.6 is 0 Å². The summed E-state index contributed by atoms with van der Waals surface area (Å²) in [6, 6.07) is 0. The molecular formula is C8H16O3. The minimum atomic E-state index is -0.00912. The number of aldehydes is 1. The third kappa shape index (κ3) is 4.93. The number of rotatable bonds is 6. The maximum Gasteiger partial charge on any atom is 0.146 e. The van der Waals surface area contributed by atoms with Gasteiger partial charge in [-0.05, 0) is 5.92 Å². The van der Waals surface area contributed by atoms with Crippen molar-refractivity contribution in [2.75, 3.05) is 20.5 Å². The molecule has 3 nitrogen and oxygen atoms in total. The highest BCUT2D eigenvalue weighted by Gasteiger charge is 2.11. The first-order valence-corrected chi connectivity index (χ1v) is 3.74. The summed E-state index contributed by atoms with van der Waals surface area (Å²) in [5, 5.41) is 0. The standard InChI is InChI=1S/C8H16O3/c1-7(2)8(4-9)5-11-6-10-3/h4,7-8H,5-6H2,1-3H3/t8-/m0/s1. The fourth-order valence-electron chi connectivity index (χ4n) is 0.656. The molecule has 66 valence electrons. The predicted octanol–water partition coefficient (Wildman–Crippen LogP) is 1.08. The summed E-state index contributed by atoms with van der Waals surface area (Å²) in [6.45, 7) is 4.70. The number of ether oxygens (including phenoxy) is 2. The van der Waals surface area contributed by atoms with Crippen molar-refractivity contribution in [1.29, 1.82) is 0 Å². The highest BCUT2D eigenvalue weighted by Crippen LogP contribution is 2.07. The molecule has 0 spiro atoms. The van der Waals surface area contributed by atoms with Crippen LogP contribution in [0.4, 0.5) is 0 Å². The minimum absolute atomic E-state index is 0.00912. The molecule has 0 aliphatic carbocycles. The second-order valence-electron chi connectivity index (χ2n) is 2.82. The normalized spacial score (nSPS) is 13.5. The molecular weight excluding hydrogens is 144 g/mol. The Morgan fingerprint density at radius 3 is 2.45 bits per heavy atom. The molecule has 0 N–H and O–H groups in total. The predicted molar refractivity (Wildman–Crippen MR) is 42.2 cm³/mol. The summed E-state index contributed by atoms with van der Waals surface area (Å²) in [7, 11) is 1.56. The van der Waals surface area contributed by atoms with Crippen molar-refractivity contribution in [3.63, 3.8) is 0 Å². The highest BCUT2D eigenvalue weighted by molar-refractivity contribution is 5.53. The second-order valence-corrected chi connectivity index (χ2v) is 2.82. The van der Waals surface area contributed by atoms with E-state index in [1.165, 1.54) is 0 Å². The van der Waals surface area contributed by atoms with Gasteiger partial charge in [-0.3, -0.25) is 0 Å². The Morgan fingerprint density at radius 2 is 2.09 bits per heavy atom. The van der Waals surface area contributed by atoms with Crippen molar-refractivity contribution in [2.24, 2.45) is 11.8 Å². The lowest BCUT2D eigenvalue weighted by molar-refractivity contribution is -0.116. The smallest absolute Gasteiger partial charge is 0.146 e. The van der Waals surface area contributed by atoms with E-state index >= 15 is 0 Å². The first kappa shape index (κ1) is 10.6. The molecule has 0 saturated carbocycles. The Labute approximate surface area is 67.7 Å². The Balaban J connectivity index is 3.44. The van der Waals surface area contributed by atoms with Crippen LogP contribution in [0.1, 0.15) is 13.8 Å². The second kappa shape index (κ2) is 6.31. The van der Waals surface area contributed by atoms with Crippen LogP contribution in [-0.4, -0.2) is 26.8 Å². The van der Waals surface area contributed by atoms with E-state index in [2.05, 4.69) is 4.74 Å². The van der Waals surface area contributed by atoms with Gasteiger partial charge in [0.05, 0.1) is 6.61 Å². The molecule has 0 radical (unpaired) electrons. The Kier molecular flexibility index (Phi) is 6.07. The number of carbonyl (C=O) groups excluding carboxylic acids is 1. The van der Waals surface area contributed by atoms with Crippen molar-refractivity contribution in [3.8, 4) is 0 Å². The van der Waals surface area contributed by atoms with Gasteiger partial charge in [0.2, 0.25) is 0 Å². The molecule has 0 saturated heterocycles. The van der Waals surface area contributed by atoms with Crippen LogP contribution < -0.4 is 0 Å². The van der Waals surface area contributed by atoms with E-state index in [1.54, 1.807) is 7.11 Å². The zero-order chi connectivity index (χ0) is 8.69. The number of carbonyl (C=O) groups is 1. The number of methoxy groups -OCH3 is 1. The summed E-state index contributed by atoms with van der Waals surface area (Å²) in [4.78, 5) is 10.4. The van der Waals surface area contributed by atoms with Crippen LogP contribution in [-0.2, 0) is 14.3 Å². The number of hydrogen-bond donors (Lipinski definition) is 0. The van der Waals surface area contributed by atoms with Crippen molar-refractivity contribution < 1.29 is 14.3 Å². The first-order chi connectivity index (χ1) is 5.22. The van der Waals surface area contributed by atoms with Gasteiger partial charge in [-0.25, -0.2) is 0 Å². The van der Waals surface area contributed by atoms with E-state index in [0.717, 1.165) is 6.29 Å². The monoisotopic (exact) mass is 160 g/mol. The Bertz CT molecular complexity index is 102. The van der Waals surface area contributed by atoms with Gasteiger partial charge in [0.25, 0.3) is 0 Å². The van der Waals surface area contributed by atoms with Crippen LogP contribution in [0.25, 0.3) is 0 Å². The molecule has 0 unspecified atom stereocenters. The van der Waals surface area contributed by atoms with Gasteiger partial charge in [0.15, 0.2) is 0 Å². The molecule has 1 atom stereocenters. The van der Waals surface area contributed by atoms with Crippen molar-refractivity contribution in [2.45, 2.75) is 13.8 Å². The quantitative estimate of drug-likeness (QED) is 0.331. The molecule has 0 aromatic carbocycles.